The van der Waals surface area contributed by atoms with Gasteiger partial charge in [0.15, 0.2) is 0 Å². The summed E-state index contributed by atoms with van der Waals surface area (Å²) in [7, 11) is 0. The number of aromatic nitrogens is 1. The molecule has 2 aromatic rings. The Morgan fingerprint density at radius 1 is 1.25 bits per heavy atom. The molecule has 0 bridgehead atoms. The third kappa shape index (κ3) is 4.91. The zero-order valence-corrected chi connectivity index (χ0v) is 18.6. The molecule has 2 aliphatic heterocycles. The Morgan fingerprint density at radius 3 is 2.72 bits per heavy atom. The summed E-state index contributed by atoms with van der Waals surface area (Å²) in [5.41, 5.74) is 1.99. The zero-order valence-electron chi connectivity index (χ0n) is 18.6. The van der Waals surface area contributed by atoms with Crippen molar-refractivity contribution in [2.45, 2.75) is 44.8 Å². The number of carbonyl (C=O) groups excluding carboxylic acids is 1. The van der Waals surface area contributed by atoms with Gasteiger partial charge < -0.3 is 20.3 Å². The van der Waals surface area contributed by atoms with Crippen LogP contribution in [0.3, 0.4) is 0 Å². The Balaban J connectivity index is 1.69. The molecule has 1 unspecified atom stereocenters. The van der Waals surface area contributed by atoms with E-state index >= 15 is 0 Å². The topological polar surface area (TPSA) is 66.5 Å². The van der Waals surface area contributed by atoms with Gasteiger partial charge in [-0.25, -0.2) is 8.78 Å². The molecule has 1 amide bonds. The van der Waals surface area contributed by atoms with Crippen molar-refractivity contribution in [2.24, 2.45) is 0 Å². The molecule has 3 heterocycles. The van der Waals surface area contributed by atoms with E-state index < -0.39 is 11.6 Å². The fourth-order valence-corrected chi connectivity index (χ4v) is 4.72. The van der Waals surface area contributed by atoms with Crippen LogP contribution in [0.15, 0.2) is 30.6 Å². The maximum atomic E-state index is 14.0. The number of nitrogens with one attached hydrogen (secondary N) is 2. The van der Waals surface area contributed by atoms with E-state index in [2.05, 4.69) is 20.5 Å². The second-order valence-electron chi connectivity index (χ2n) is 8.90. The first-order valence-electron chi connectivity index (χ1n) is 11.2. The maximum Gasteiger partial charge on any atom is 0.255 e. The van der Waals surface area contributed by atoms with Gasteiger partial charge >= 0.3 is 0 Å². The van der Waals surface area contributed by atoms with Crippen molar-refractivity contribution in [1.29, 1.82) is 0 Å². The molecule has 1 aromatic heterocycles. The highest BCUT2D eigenvalue weighted by Gasteiger charge is 2.41. The third-order valence-electron chi connectivity index (χ3n) is 6.18. The summed E-state index contributed by atoms with van der Waals surface area (Å²) < 4.78 is 33.5. The van der Waals surface area contributed by atoms with Crippen LogP contribution < -0.4 is 15.5 Å². The molecular formula is C24H30F2N4O2. The van der Waals surface area contributed by atoms with Gasteiger partial charge in [0, 0.05) is 49.2 Å². The number of anilines is 1. The van der Waals surface area contributed by atoms with Crippen LogP contribution in [0.25, 0.3) is 11.1 Å². The van der Waals surface area contributed by atoms with Crippen molar-refractivity contribution in [3.8, 4) is 11.1 Å². The smallest absolute Gasteiger partial charge is 0.255 e. The summed E-state index contributed by atoms with van der Waals surface area (Å²) in [5.74, 6) is -1.61. The Hall–Kier alpha value is -2.58. The number of ether oxygens (including phenoxy) is 1. The summed E-state index contributed by atoms with van der Waals surface area (Å²) in [6, 6.07) is 3.40. The minimum Gasteiger partial charge on any atom is -0.377 e. The SMILES string of the molecule is CC(C)OCCNC(=O)c1cncc(-c2cc(F)cc(F)c2)c1N1CCC2(CCCN2)C1. The summed E-state index contributed by atoms with van der Waals surface area (Å²) in [5, 5.41) is 6.50. The average molecular weight is 445 g/mol. The van der Waals surface area contributed by atoms with E-state index in [1.54, 1.807) is 6.20 Å². The van der Waals surface area contributed by atoms with Gasteiger partial charge in [0.2, 0.25) is 0 Å². The lowest BCUT2D eigenvalue weighted by atomic mass is 9.96. The molecular weight excluding hydrogens is 414 g/mol. The molecule has 0 saturated carbocycles. The number of halogens is 2. The van der Waals surface area contributed by atoms with Crippen molar-refractivity contribution in [3.63, 3.8) is 0 Å². The van der Waals surface area contributed by atoms with Crippen molar-refractivity contribution in [1.82, 2.24) is 15.6 Å². The molecule has 2 fully saturated rings. The molecule has 2 N–H and O–H groups in total. The molecule has 6 nitrogen and oxygen atoms in total. The second-order valence-corrected chi connectivity index (χ2v) is 8.90. The quantitative estimate of drug-likeness (QED) is 0.640. The third-order valence-corrected chi connectivity index (χ3v) is 6.18. The second kappa shape index (κ2) is 9.50. The summed E-state index contributed by atoms with van der Waals surface area (Å²) >= 11 is 0. The highest BCUT2D eigenvalue weighted by atomic mass is 19.1. The van der Waals surface area contributed by atoms with E-state index in [9.17, 15) is 13.6 Å². The molecule has 0 aliphatic carbocycles. The molecule has 1 atom stereocenters. The molecule has 1 spiro atoms. The minimum atomic E-state index is -0.665. The van der Waals surface area contributed by atoms with Crippen LogP contribution in [0.5, 0.6) is 0 Å². The Bertz CT molecular complexity index is 956. The van der Waals surface area contributed by atoms with Gasteiger partial charge in [-0.15, -0.1) is 0 Å². The Kier molecular flexibility index (Phi) is 6.71. The molecule has 172 valence electrons. The minimum absolute atomic E-state index is 0.0204. The normalized spacial score (nSPS) is 20.5. The van der Waals surface area contributed by atoms with Crippen LogP contribution in [0.4, 0.5) is 14.5 Å². The fourth-order valence-electron chi connectivity index (χ4n) is 4.72. The number of hydrogen-bond donors (Lipinski definition) is 2. The molecule has 4 rings (SSSR count). The van der Waals surface area contributed by atoms with Gasteiger partial charge in [-0.3, -0.25) is 9.78 Å². The van der Waals surface area contributed by atoms with Crippen LogP contribution >= 0.6 is 0 Å². The van der Waals surface area contributed by atoms with Crippen LogP contribution in [0.1, 0.15) is 43.5 Å². The van der Waals surface area contributed by atoms with Crippen molar-refractivity contribution >= 4 is 11.6 Å². The lowest BCUT2D eigenvalue weighted by Gasteiger charge is -2.28. The number of hydrogen-bond acceptors (Lipinski definition) is 5. The molecule has 32 heavy (non-hydrogen) atoms. The number of carbonyl (C=O) groups is 1. The van der Waals surface area contributed by atoms with Gasteiger partial charge in [0.1, 0.15) is 11.6 Å². The number of pyridine rings is 1. The number of rotatable bonds is 7. The average Bonchev–Trinajstić information content (AvgIpc) is 3.39. The van der Waals surface area contributed by atoms with E-state index in [4.69, 9.17) is 4.74 Å². The van der Waals surface area contributed by atoms with Gasteiger partial charge in [-0.1, -0.05) is 0 Å². The maximum absolute atomic E-state index is 14.0. The first-order chi connectivity index (χ1) is 15.4. The van der Waals surface area contributed by atoms with Crippen molar-refractivity contribution in [2.75, 3.05) is 37.7 Å². The van der Waals surface area contributed by atoms with Crippen LogP contribution in [-0.2, 0) is 4.74 Å². The van der Waals surface area contributed by atoms with Gasteiger partial charge in [0.25, 0.3) is 5.91 Å². The van der Waals surface area contributed by atoms with Crippen molar-refractivity contribution < 1.29 is 18.3 Å². The zero-order chi connectivity index (χ0) is 22.7. The molecule has 2 saturated heterocycles. The highest BCUT2D eigenvalue weighted by molar-refractivity contribution is 6.03. The lowest BCUT2D eigenvalue weighted by Crippen LogP contribution is -2.42. The predicted molar refractivity (Wildman–Crippen MR) is 120 cm³/mol. The fraction of sp³-hybridized carbons (Fsp3) is 0.500. The van der Waals surface area contributed by atoms with E-state index in [1.807, 2.05) is 13.8 Å². The Morgan fingerprint density at radius 2 is 2.03 bits per heavy atom. The van der Waals surface area contributed by atoms with Crippen LogP contribution in [-0.4, -0.2) is 55.3 Å². The van der Waals surface area contributed by atoms with Gasteiger partial charge in [-0.2, -0.15) is 0 Å². The number of benzene rings is 1. The lowest BCUT2D eigenvalue weighted by molar-refractivity contribution is 0.0746. The first-order valence-corrected chi connectivity index (χ1v) is 11.2. The number of nitrogens with zero attached hydrogens (tertiary/aromatic N) is 2. The largest absolute Gasteiger partial charge is 0.377 e. The van der Waals surface area contributed by atoms with E-state index in [0.29, 0.717) is 35.5 Å². The summed E-state index contributed by atoms with van der Waals surface area (Å²) in [6.07, 6.45) is 6.34. The molecule has 8 heteroatoms. The van der Waals surface area contributed by atoms with E-state index in [1.165, 1.54) is 18.3 Å². The van der Waals surface area contributed by atoms with E-state index in [-0.39, 0.29) is 17.6 Å². The predicted octanol–water partition coefficient (Wildman–Crippen LogP) is 3.51. The van der Waals surface area contributed by atoms with Crippen LogP contribution in [0.2, 0.25) is 0 Å². The van der Waals surface area contributed by atoms with Gasteiger partial charge in [0.05, 0.1) is 24.0 Å². The first kappa shape index (κ1) is 22.6. The molecule has 0 radical (unpaired) electrons. The Labute approximate surface area is 187 Å². The standard InChI is InChI=1S/C24H30F2N4O2/c1-16(2)32-9-7-28-23(31)21-14-27-13-20(17-10-18(25)12-19(26)11-17)22(21)30-8-5-24(15-30)4-3-6-29-24/h10-14,16,29H,3-9,15H2,1-2H3,(H,28,31). The number of amides is 1. The van der Waals surface area contributed by atoms with Crippen molar-refractivity contribution in [3.05, 3.63) is 47.8 Å². The molecule has 1 aromatic carbocycles. The molecule has 2 aliphatic rings. The van der Waals surface area contributed by atoms with Crippen LogP contribution in [0, 0.1) is 11.6 Å². The summed E-state index contributed by atoms with van der Waals surface area (Å²) in [6.45, 7) is 7.10. The monoisotopic (exact) mass is 444 g/mol. The van der Waals surface area contributed by atoms with Gasteiger partial charge in [-0.05, 0) is 57.4 Å². The van der Waals surface area contributed by atoms with E-state index in [0.717, 1.165) is 45.0 Å². The highest BCUT2D eigenvalue weighted by Crippen LogP contribution is 2.39. The summed E-state index contributed by atoms with van der Waals surface area (Å²) in [4.78, 5) is 19.5.